The lowest BCUT2D eigenvalue weighted by Gasteiger charge is -2.15. The molecule has 0 aromatic heterocycles. The van der Waals surface area contributed by atoms with Crippen molar-refractivity contribution in [3.8, 4) is 5.75 Å². The minimum Gasteiger partial charge on any atom is -0.484 e. The van der Waals surface area contributed by atoms with Gasteiger partial charge in [-0.3, -0.25) is 14.4 Å². The van der Waals surface area contributed by atoms with Crippen LogP contribution in [0.3, 0.4) is 0 Å². The first kappa shape index (κ1) is 20.8. The van der Waals surface area contributed by atoms with Gasteiger partial charge in [0.2, 0.25) is 0 Å². The van der Waals surface area contributed by atoms with Crippen molar-refractivity contribution in [2.45, 2.75) is 31.8 Å². The average Bonchev–Trinajstić information content (AvgIpc) is 3.45. The molecule has 1 aromatic carbocycles. The third-order valence-corrected chi connectivity index (χ3v) is 4.80. The van der Waals surface area contributed by atoms with Gasteiger partial charge in [0, 0.05) is 26.2 Å². The summed E-state index contributed by atoms with van der Waals surface area (Å²) < 4.78 is 10.9. The van der Waals surface area contributed by atoms with E-state index in [1.165, 1.54) is 6.21 Å². The van der Waals surface area contributed by atoms with Crippen molar-refractivity contribution in [2.75, 3.05) is 32.8 Å². The SMILES string of the molecule is O=C(NC[C@@H]1CCCO1)C(=O)N/N=C\c1ccc(OCC(=O)N2CCCC2)cc1. The van der Waals surface area contributed by atoms with Crippen molar-refractivity contribution in [1.82, 2.24) is 15.6 Å². The Bertz CT molecular complexity index is 738. The van der Waals surface area contributed by atoms with Crippen molar-refractivity contribution in [2.24, 2.45) is 5.10 Å². The maximum absolute atomic E-state index is 12.0. The Hall–Kier alpha value is -2.94. The number of nitrogens with one attached hydrogen (secondary N) is 2. The number of likely N-dealkylation sites (tertiary alicyclic amines) is 1. The second-order valence-electron chi connectivity index (χ2n) is 6.99. The molecule has 0 radical (unpaired) electrons. The van der Waals surface area contributed by atoms with E-state index in [1.54, 1.807) is 29.2 Å². The highest BCUT2D eigenvalue weighted by molar-refractivity contribution is 6.35. The van der Waals surface area contributed by atoms with Crippen molar-refractivity contribution < 1.29 is 23.9 Å². The molecule has 1 aromatic rings. The monoisotopic (exact) mass is 402 g/mol. The summed E-state index contributed by atoms with van der Waals surface area (Å²) in [5.74, 6) is -1.01. The van der Waals surface area contributed by atoms with Crippen LogP contribution in [0.1, 0.15) is 31.2 Å². The van der Waals surface area contributed by atoms with Crippen molar-refractivity contribution in [3.05, 3.63) is 29.8 Å². The Morgan fingerprint density at radius 3 is 2.59 bits per heavy atom. The number of ether oxygens (including phenoxy) is 2. The molecule has 156 valence electrons. The van der Waals surface area contributed by atoms with Crippen LogP contribution < -0.4 is 15.5 Å². The first-order chi connectivity index (χ1) is 14.1. The molecule has 2 heterocycles. The molecule has 0 spiro atoms. The standard InChI is InChI=1S/C20H26N4O5/c25-18(24-9-1-2-10-24)14-29-16-7-5-15(6-8-16)12-22-23-20(27)19(26)21-13-17-4-3-11-28-17/h5-8,12,17H,1-4,9-11,13-14H2,(H,21,26)(H,23,27)/b22-12-/t17-/m0/s1. The van der Waals surface area contributed by atoms with Gasteiger partial charge in [-0.2, -0.15) is 5.10 Å². The Balaban J connectivity index is 1.37. The van der Waals surface area contributed by atoms with E-state index in [0.29, 0.717) is 24.5 Å². The van der Waals surface area contributed by atoms with Crippen molar-refractivity contribution in [3.63, 3.8) is 0 Å². The molecule has 0 aliphatic carbocycles. The Morgan fingerprint density at radius 2 is 1.90 bits per heavy atom. The maximum atomic E-state index is 12.0. The normalized spacial score (nSPS) is 18.8. The molecule has 1 atom stereocenters. The Kier molecular flexibility index (Phi) is 7.57. The van der Waals surface area contributed by atoms with E-state index < -0.39 is 11.8 Å². The second kappa shape index (κ2) is 10.6. The van der Waals surface area contributed by atoms with Gasteiger partial charge >= 0.3 is 11.8 Å². The van der Waals surface area contributed by atoms with E-state index in [1.807, 2.05) is 0 Å². The van der Waals surface area contributed by atoms with E-state index in [9.17, 15) is 14.4 Å². The minimum absolute atomic E-state index is 0.00591. The summed E-state index contributed by atoms with van der Waals surface area (Å²) in [6.07, 6.45) is 5.34. The highest BCUT2D eigenvalue weighted by atomic mass is 16.5. The lowest BCUT2D eigenvalue weighted by molar-refractivity contribution is -0.139. The summed E-state index contributed by atoms with van der Waals surface area (Å²) >= 11 is 0. The van der Waals surface area contributed by atoms with Crippen LogP contribution in [-0.2, 0) is 19.1 Å². The summed E-state index contributed by atoms with van der Waals surface area (Å²) in [5, 5.41) is 6.31. The van der Waals surface area contributed by atoms with Gasteiger partial charge in [-0.1, -0.05) is 0 Å². The number of rotatable bonds is 7. The zero-order valence-corrected chi connectivity index (χ0v) is 16.3. The molecule has 0 saturated carbocycles. The Labute approximate surface area is 169 Å². The number of benzene rings is 1. The van der Waals surface area contributed by atoms with Crippen LogP contribution in [0.25, 0.3) is 0 Å². The van der Waals surface area contributed by atoms with Gasteiger partial charge in [-0.05, 0) is 55.5 Å². The summed E-state index contributed by atoms with van der Waals surface area (Å²) in [7, 11) is 0. The third-order valence-electron chi connectivity index (χ3n) is 4.80. The number of hydrazone groups is 1. The number of amides is 3. The molecule has 2 aliphatic heterocycles. The number of nitrogens with zero attached hydrogens (tertiary/aromatic N) is 2. The smallest absolute Gasteiger partial charge is 0.329 e. The van der Waals surface area contributed by atoms with Gasteiger partial charge in [-0.15, -0.1) is 0 Å². The van der Waals surface area contributed by atoms with Gasteiger partial charge in [0.25, 0.3) is 5.91 Å². The largest absolute Gasteiger partial charge is 0.484 e. The lowest BCUT2D eigenvalue weighted by Crippen LogP contribution is -2.41. The lowest BCUT2D eigenvalue weighted by atomic mass is 10.2. The molecular formula is C20H26N4O5. The van der Waals surface area contributed by atoms with E-state index in [-0.39, 0.29) is 18.6 Å². The molecule has 3 amide bonds. The molecular weight excluding hydrogens is 376 g/mol. The number of carbonyl (C=O) groups is 3. The quantitative estimate of drug-likeness (QED) is 0.391. The van der Waals surface area contributed by atoms with E-state index in [0.717, 1.165) is 38.8 Å². The van der Waals surface area contributed by atoms with Gasteiger partial charge in [0.15, 0.2) is 6.61 Å². The van der Waals surface area contributed by atoms with Crippen LogP contribution >= 0.6 is 0 Å². The van der Waals surface area contributed by atoms with E-state index in [4.69, 9.17) is 9.47 Å². The predicted octanol–water partition coefficient (Wildman–Crippen LogP) is 0.433. The zero-order chi connectivity index (χ0) is 20.5. The minimum atomic E-state index is -0.834. The molecule has 9 nitrogen and oxygen atoms in total. The topological polar surface area (TPSA) is 109 Å². The molecule has 2 aliphatic rings. The van der Waals surface area contributed by atoms with Crippen LogP contribution in [0.15, 0.2) is 29.4 Å². The summed E-state index contributed by atoms with van der Waals surface area (Å²) in [5.41, 5.74) is 2.90. The van der Waals surface area contributed by atoms with E-state index >= 15 is 0 Å². The summed E-state index contributed by atoms with van der Waals surface area (Å²) in [6.45, 7) is 2.63. The maximum Gasteiger partial charge on any atom is 0.329 e. The van der Waals surface area contributed by atoms with Crippen LogP contribution in [0.4, 0.5) is 0 Å². The van der Waals surface area contributed by atoms with Crippen LogP contribution in [0, 0.1) is 0 Å². The summed E-state index contributed by atoms with van der Waals surface area (Å²) in [6, 6.07) is 6.91. The number of hydrogen-bond donors (Lipinski definition) is 2. The molecule has 0 unspecified atom stereocenters. The fourth-order valence-electron chi connectivity index (χ4n) is 3.16. The third kappa shape index (κ3) is 6.56. The predicted molar refractivity (Wildman–Crippen MR) is 105 cm³/mol. The van der Waals surface area contributed by atoms with Gasteiger partial charge in [0.05, 0.1) is 12.3 Å². The van der Waals surface area contributed by atoms with Crippen LogP contribution in [-0.4, -0.2) is 67.8 Å². The molecule has 0 bridgehead atoms. The van der Waals surface area contributed by atoms with Crippen molar-refractivity contribution >= 4 is 23.9 Å². The van der Waals surface area contributed by atoms with Gasteiger partial charge in [-0.25, -0.2) is 5.43 Å². The van der Waals surface area contributed by atoms with Crippen LogP contribution in [0.2, 0.25) is 0 Å². The molecule has 2 N–H and O–H groups in total. The number of hydrogen-bond acceptors (Lipinski definition) is 6. The van der Waals surface area contributed by atoms with Crippen LogP contribution in [0.5, 0.6) is 5.75 Å². The number of carbonyl (C=O) groups excluding carboxylic acids is 3. The fourth-order valence-corrected chi connectivity index (χ4v) is 3.16. The van der Waals surface area contributed by atoms with Gasteiger partial charge in [0.1, 0.15) is 5.75 Å². The first-order valence-corrected chi connectivity index (χ1v) is 9.85. The summed E-state index contributed by atoms with van der Waals surface area (Å²) in [4.78, 5) is 37.2. The fraction of sp³-hybridized carbons (Fsp3) is 0.500. The average molecular weight is 402 g/mol. The molecule has 3 rings (SSSR count). The highest BCUT2D eigenvalue weighted by Crippen LogP contribution is 2.13. The highest BCUT2D eigenvalue weighted by Gasteiger charge is 2.19. The first-order valence-electron chi connectivity index (χ1n) is 9.85. The second-order valence-corrected chi connectivity index (χ2v) is 6.99. The molecule has 2 saturated heterocycles. The molecule has 29 heavy (non-hydrogen) atoms. The van der Waals surface area contributed by atoms with E-state index in [2.05, 4.69) is 15.8 Å². The molecule has 2 fully saturated rings. The molecule has 9 heteroatoms. The van der Waals surface area contributed by atoms with Crippen molar-refractivity contribution in [1.29, 1.82) is 0 Å². The van der Waals surface area contributed by atoms with Gasteiger partial charge < -0.3 is 19.7 Å². The zero-order valence-electron chi connectivity index (χ0n) is 16.3. The Morgan fingerprint density at radius 1 is 1.14 bits per heavy atom.